The second kappa shape index (κ2) is 5.85. The van der Waals surface area contributed by atoms with Crippen molar-refractivity contribution >= 4 is 11.5 Å². The van der Waals surface area contributed by atoms with Crippen molar-refractivity contribution in [1.82, 2.24) is 9.55 Å². The van der Waals surface area contributed by atoms with Gasteiger partial charge < -0.3 is 9.80 Å². The van der Waals surface area contributed by atoms with E-state index in [1.807, 2.05) is 42.3 Å². The number of rotatable bonds is 3. The first-order valence-electron chi connectivity index (χ1n) is 8.13. The summed E-state index contributed by atoms with van der Waals surface area (Å²) < 4.78 is 1.65. The quantitative estimate of drug-likeness (QED) is 0.934. The van der Waals surface area contributed by atoms with Crippen LogP contribution in [0.15, 0.2) is 39.9 Å². The molecule has 1 aromatic carbocycles. The zero-order chi connectivity index (χ0) is 17.5. The lowest BCUT2D eigenvalue weighted by atomic mass is 9.96. The first kappa shape index (κ1) is 16.4. The molecule has 0 amide bonds. The summed E-state index contributed by atoms with van der Waals surface area (Å²) in [4.78, 5) is 31.3. The van der Waals surface area contributed by atoms with Crippen LogP contribution in [0.2, 0.25) is 0 Å². The average Bonchev–Trinajstić information content (AvgIpc) is 2.79. The Hall–Kier alpha value is -2.50. The summed E-state index contributed by atoms with van der Waals surface area (Å²) in [6, 6.07) is 9.79. The zero-order valence-corrected chi connectivity index (χ0v) is 14.7. The van der Waals surface area contributed by atoms with Crippen LogP contribution in [0.1, 0.15) is 26.3 Å². The van der Waals surface area contributed by atoms with Crippen LogP contribution in [0.5, 0.6) is 0 Å². The molecule has 6 heteroatoms. The molecule has 0 fully saturated rings. The highest BCUT2D eigenvalue weighted by Gasteiger charge is 2.32. The molecule has 1 N–H and O–H groups in total. The van der Waals surface area contributed by atoms with Gasteiger partial charge in [-0.1, -0.05) is 51.1 Å². The Labute approximate surface area is 141 Å². The highest BCUT2D eigenvalue weighted by atomic mass is 16.2. The minimum absolute atomic E-state index is 0.0509. The largest absolute Gasteiger partial charge is 0.346 e. The van der Waals surface area contributed by atoms with E-state index in [-0.39, 0.29) is 16.7 Å². The Morgan fingerprint density at radius 2 is 1.79 bits per heavy atom. The SMILES string of the molecule is CN1CN(CC(C)(C)C)c2c1n(Cc1ccccc1)c(=O)[nH]c2=O. The van der Waals surface area contributed by atoms with Crippen LogP contribution in [0.25, 0.3) is 0 Å². The number of H-pyrrole nitrogens is 1. The predicted molar refractivity (Wildman–Crippen MR) is 96.9 cm³/mol. The van der Waals surface area contributed by atoms with Gasteiger partial charge in [0.05, 0.1) is 13.2 Å². The average molecular weight is 328 g/mol. The smallest absolute Gasteiger partial charge is 0.330 e. The molecule has 3 rings (SSSR count). The molecule has 24 heavy (non-hydrogen) atoms. The van der Waals surface area contributed by atoms with Gasteiger partial charge in [0.15, 0.2) is 0 Å². The Kier molecular flexibility index (Phi) is 3.99. The van der Waals surface area contributed by atoms with Gasteiger partial charge in [0, 0.05) is 13.6 Å². The maximum absolute atomic E-state index is 12.4. The Morgan fingerprint density at radius 3 is 2.42 bits per heavy atom. The highest BCUT2D eigenvalue weighted by molar-refractivity contribution is 5.71. The molecule has 128 valence electrons. The first-order chi connectivity index (χ1) is 11.3. The minimum Gasteiger partial charge on any atom is -0.346 e. The van der Waals surface area contributed by atoms with Gasteiger partial charge in [0.25, 0.3) is 5.56 Å². The van der Waals surface area contributed by atoms with Crippen LogP contribution in [0.4, 0.5) is 11.5 Å². The highest BCUT2D eigenvalue weighted by Crippen LogP contribution is 2.32. The van der Waals surface area contributed by atoms with Crippen LogP contribution in [-0.4, -0.2) is 29.8 Å². The molecule has 2 aromatic rings. The molecule has 0 aliphatic carbocycles. The number of benzene rings is 1. The third-order valence-corrected chi connectivity index (χ3v) is 4.06. The van der Waals surface area contributed by atoms with Gasteiger partial charge in [0.1, 0.15) is 11.5 Å². The fraction of sp³-hybridized carbons (Fsp3) is 0.444. The van der Waals surface area contributed by atoms with E-state index in [4.69, 9.17) is 0 Å². The minimum atomic E-state index is -0.368. The van der Waals surface area contributed by atoms with E-state index in [9.17, 15) is 9.59 Å². The number of hydrogen-bond donors (Lipinski definition) is 1. The molecule has 0 saturated heterocycles. The van der Waals surface area contributed by atoms with Crippen LogP contribution >= 0.6 is 0 Å². The fourth-order valence-corrected chi connectivity index (χ4v) is 3.23. The molecule has 0 bridgehead atoms. The molecule has 0 unspecified atom stereocenters. The van der Waals surface area contributed by atoms with Crippen LogP contribution < -0.4 is 21.0 Å². The third kappa shape index (κ3) is 3.09. The number of aromatic nitrogens is 2. The molecule has 1 aliphatic heterocycles. The Morgan fingerprint density at radius 1 is 1.12 bits per heavy atom. The van der Waals surface area contributed by atoms with E-state index < -0.39 is 0 Å². The van der Waals surface area contributed by atoms with Gasteiger partial charge >= 0.3 is 5.69 Å². The fourth-order valence-electron chi connectivity index (χ4n) is 3.23. The Balaban J connectivity index is 2.10. The maximum Gasteiger partial charge on any atom is 0.330 e. The van der Waals surface area contributed by atoms with Crippen molar-refractivity contribution in [2.45, 2.75) is 27.3 Å². The van der Waals surface area contributed by atoms with Gasteiger partial charge in [-0.25, -0.2) is 4.79 Å². The van der Waals surface area contributed by atoms with Gasteiger partial charge in [-0.05, 0) is 11.0 Å². The van der Waals surface area contributed by atoms with Gasteiger partial charge in [-0.15, -0.1) is 0 Å². The van der Waals surface area contributed by atoms with Crippen molar-refractivity contribution in [3.8, 4) is 0 Å². The monoisotopic (exact) mass is 328 g/mol. The molecule has 0 radical (unpaired) electrons. The summed E-state index contributed by atoms with van der Waals surface area (Å²) in [5, 5.41) is 0. The van der Waals surface area contributed by atoms with E-state index in [0.29, 0.717) is 24.7 Å². The maximum atomic E-state index is 12.4. The Bertz CT molecular complexity index is 846. The van der Waals surface area contributed by atoms with Crippen LogP contribution in [0.3, 0.4) is 0 Å². The van der Waals surface area contributed by atoms with E-state index in [0.717, 1.165) is 12.1 Å². The number of nitrogens with zero attached hydrogens (tertiary/aromatic N) is 3. The van der Waals surface area contributed by atoms with Crippen molar-refractivity contribution in [1.29, 1.82) is 0 Å². The predicted octanol–water partition coefficient (Wildman–Crippen LogP) is 1.84. The number of anilines is 2. The van der Waals surface area contributed by atoms with Gasteiger partial charge in [-0.3, -0.25) is 14.3 Å². The standard InChI is InChI=1S/C18H24N4O2/c1-18(2,3)11-21-12-20(4)16-14(21)15(23)19-17(24)22(16)10-13-8-6-5-7-9-13/h5-9H,10-12H2,1-4H3,(H,19,23,24). The van der Waals surface area contributed by atoms with E-state index in [2.05, 4.69) is 30.7 Å². The molecule has 0 spiro atoms. The summed E-state index contributed by atoms with van der Waals surface area (Å²) in [7, 11) is 1.92. The summed E-state index contributed by atoms with van der Waals surface area (Å²) in [6.45, 7) is 8.20. The number of hydrogen-bond acceptors (Lipinski definition) is 4. The molecule has 2 heterocycles. The van der Waals surface area contributed by atoms with E-state index in [1.165, 1.54) is 0 Å². The molecular formula is C18H24N4O2. The summed E-state index contributed by atoms with van der Waals surface area (Å²) in [5.41, 5.74) is 0.981. The lowest BCUT2D eigenvalue weighted by Gasteiger charge is -2.27. The second-order valence-corrected chi connectivity index (χ2v) is 7.60. The van der Waals surface area contributed by atoms with Gasteiger partial charge in [0.2, 0.25) is 0 Å². The lowest BCUT2D eigenvalue weighted by Crippen LogP contribution is -2.37. The van der Waals surface area contributed by atoms with Crippen molar-refractivity contribution in [3.63, 3.8) is 0 Å². The zero-order valence-electron chi connectivity index (χ0n) is 14.7. The van der Waals surface area contributed by atoms with Crippen LogP contribution in [0, 0.1) is 5.41 Å². The number of aromatic amines is 1. The molecule has 0 atom stereocenters. The van der Waals surface area contributed by atoms with Crippen LogP contribution in [-0.2, 0) is 6.54 Å². The molecule has 0 saturated carbocycles. The second-order valence-electron chi connectivity index (χ2n) is 7.60. The summed E-state index contributed by atoms with van der Waals surface area (Å²) in [6.07, 6.45) is 0. The number of nitrogens with one attached hydrogen (secondary N) is 1. The van der Waals surface area contributed by atoms with Crippen molar-refractivity contribution in [2.24, 2.45) is 5.41 Å². The lowest BCUT2D eigenvalue weighted by molar-refractivity contribution is 0.413. The number of fused-ring (bicyclic) bond motifs is 1. The van der Waals surface area contributed by atoms with Crippen molar-refractivity contribution in [3.05, 3.63) is 56.7 Å². The summed E-state index contributed by atoms with van der Waals surface area (Å²) in [5.74, 6) is 0.692. The van der Waals surface area contributed by atoms with E-state index >= 15 is 0 Å². The first-order valence-corrected chi connectivity index (χ1v) is 8.13. The normalized spacial score (nSPS) is 14.2. The topological polar surface area (TPSA) is 61.3 Å². The molecule has 1 aliphatic rings. The molecular weight excluding hydrogens is 304 g/mol. The van der Waals surface area contributed by atoms with Crippen molar-refractivity contribution in [2.75, 3.05) is 30.1 Å². The molecule has 6 nitrogen and oxygen atoms in total. The summed E-state index contributed by atoms with van der Waals surface area (Å²) >= 11 is 0. The van der Waals surface area contributed by atoms with E-state index in [1.54, 1.807) is 4.57 Å². The van der Waals surface area contributed by atoms with Gasteiger partial charge in [-0.2, -0.15) is 0 Å². The van der Waals surface area contributed by atoms with Crippen molar-refractivity contribution < 1.29 is 0 Å². The molecule has 1 aromatic heterocycles. The third-order valence-electron chi connectivity index (χ3n) is 4.06.